The van der Waals surface area contributed by atoms with Gasteiger partial charge >= 0.3 is 12.1 Å². The molecule has 2 atom stereocenters. The Morgan fingerprint density at radius 2 is 1.79 bits per heavy atom. The van der Waals surface area contributed by atoms with E-state index in [9.17, 15) is 9.59 Å². The lowest BCUT2D eigenvalue weighted by Crippen LogP contribution is -2.27. The number of carboxylic acid groups (broad SMARTS) is 1. The zero-order valence-corrected chi connectivity index (χ0v) is 15.9. The number of ether oxygens (including phenoxy) is 3. The number of carboxylic acids is 1. The summed E-state index contributed by atoms with van der Waals surface area (Å²) in [5.74, 6) is -0.613. The Kier molecular flexibility index (Phi) is 8.68. The molecule has 154 valence electrons. The number of para-hydroxylation sites is 1. The minimum absolute atomic E-state index is 0.112. The molecule has 0 heterocycles. The van der Waals surface area contributed by atoms with Crippen molar-refractivity contribution >= 4 is 17.7 Å². The van der Waals surface area contributed by atoms with Gasteiger partial charge in [0.25, 0.3) is 0 Å². The van der Waals surface area contributed by atoms with Gasteiger partial charge in [-0.1, -0.05) is 30.3 Å². The highest BCUT2D eigenvalue weighted by molar-refractivity contribution is 5.84. The van der Waals surface area contributed by atoms with Crippen LogP contribution in [0.25, 0.3) is 0 Å². The number of methoxy groups -OCH3 is 1. The minimum atomic E-state index is -1.15. The van der Waals surface area contributed by atoms with Crippen LogP contribution < -0.4 is 10.1 Å². The van der Waals surface area contributed by atoms with Gasteiger partial charge in [0.15, 0.2) is 6.10 Å². The van der Waals surface area contributed by atoms with Crippen LogP contribution in [0.3, 0.4) is 0 Å². The Hall–Kier alpha value is -3.36. The van der Waals surface area contributed by atoms with E-state index < -0.39 is 24.3 Å². The first-order valence-corrected chi connectivity index (χ1v) is 8.83. The van der Waals surface area contributed by atoms with Gasteiger partial charge in [0.05, 0.1) is 6.61 Å². The average molecular weight is 401 g/mol. The van der Waals surface area contributed by atoms with Gasteiger partial charge in [-0.15, -0.1) is 0 Å². The first kappa shape index (κ1) is 21.9. The molecule has 0 unspecified atom stereocenters. The second kappa shape index (κ2) is 11.5. The Balaban J connectivity index is 2.22. The zero-order valence-electron chi connectivity index (χ0n) is 15.9. The van der Waals surface area contributed by atoms with E-state index in [1.165, 1.54) is 13.2 Å². The number of aliphatic hydroxyl groups is 1. The van der Waals surface area contributed by atoms with Gasteiger partial charge < -0.3 is 24.4 Å². The SMILES string of the molecule is CO[C@@H](/C=C/C(=O)O)[C@@H](OC(=O)Nc1ccccc1)c1ccc(OCCO)cc1. The quantitative estimate of drug-likeness (QED) is 0.524. The number of benzene rings is 2. The van der Waals surface area contributed by atoms with Crippen molar-refractivity contribution in [3.63, 3.8) is 0 Å². The minimum Gasteiger partial charge on any atom is -0.491 e. The number of nitrogens with one attached hydrogen (secondary N) is 1. The highest BCUT2D eigenvalue weighted by atomic mass is 16.6. The van der Waals surface area contributed by atoms with Crippen molar-refractivity contribution in [2.24, 2.45) is 0 Å². The van der Waals surface area contributed by atoms with Gasteiger partial charge in [0, 0.05) is 18.9 Å². The summed E-state index contributed by atoms with van der Waals surface area (Å²) in [7, 11) is 1.39. The molecule has 0 fully saturated rings. The maximum atomic E-state index is 12.4. The molecule has 0 saturated heterocycles. The first-order valence-electron chi connectivity index (χ1n) is 8.83. The van der Waals surface area contributed by atoms with Crippen LogP contribution in [0.2, 0.25) is 0 Å². The number of carbonyl (C=O) groups excluding carboxylic acids is 1. The Morgan fingerprint density at radius 1 is 1.10 bits per heavy atom. The topological polar surface area (TPSA) is 114 Å². The van der Waals surface area contributed by atoms with Crippen LogP contribution in [-0.2, 0) is 14.3 Å². The highest BCUT2D eigenvalue weighted by Gasteiger charge is 2.26. The number of carbonyl (C=O) groups is 2. The van der Waals surface area contributed by atoms with E-state index in [-0.39, 0.29) is 13.2 Å². The van der Waals surface area contributed by atoms with Crippen LogP contribution >= 0.6 is 0 Å². The standard InChI is InChI=1S/C21H23NO7/c1-27-18(11-12-19(24)25)20(15-7-9-17(10-8-15)28-14-13-23)29-21(26)22-16-5-3-2-4-6-16/h2-12,18,20,23H,13-14H2,1H3,(H,22,26)(H,24,25)/b12-11+/t18-,20-/m0/s1. The number of amides is 1. The third-order valence-electron chi connectivity index (χ3n) is 3.82. The van der Waals surface area contributed by atoms with Gasteiger partial charge in [-0.25, -0.2) is 9.59 Å². The number of aliphatic hydroxyl groups excluding tert-OH is 1. The molecule has 0 spiro atoms. The van der Waals surface area contributed by atoms with Gasteiger partial charge in [0.1, 0.15) is 18.5 Å². The van der Waals surface area contributed by atoms with Crippen LogP contribution in [0.5, 0.6) is 5.75 Å². The molecular weight excluding hydrogens is 378 g/mol. The van der Waals surface area contributed by atoms with Crippen molar-refractivity contribution in [2.75, 3.05) is 25.6 Å². The van der Waals surface area contributed by atoms with Crippen molar-refractivity contribution in [3.8, 4) is 5.75 Å². The molecule has 2 aromatic carbocycles. The molecule has 0 bridgehead atoms. The van der Waals surface area contributed by atoms with Gasteiger partial charge in [-0.2, -0.15) is 0 Å². The van der Waals surface area contributed by atoms with Crippen molar-refractivity contribution in [2.45, 2.75) is 12.2 Å². The molecule has 0 aliphatic carbocycles. The number of rotatable bonds is 10. The third kappa shape index (κ3) is 7.28. The summed E-state index contributed by atoms with van der Waals surface area (Å²) < 4.78 is 16.2. The van der Waals surface area contributed by atoms with Crippen LogP contribution in [0.1, 0.15) is 11.7 Å². The summed E-state index contributed by atoms with van der Waals surface area (Å²) in [5, 5.41) is 20.4. The monoisotopic (exact) mass is 401 g/mol. The second-order valence-electron chi connectivity index (χ2n) is 5.86. The molecule has 8 nitrogen and oxygen atoms in total. The average Bonchev–Trinajstić information content (AvgIpc) is 2.72. The fourth-order valence-electron chi connectivity index (χ4n) is 2.51. The molecule has 8 heteroatoms. The molecule has 0 aliphatic rings. The maximum absolute atomic E-state index is 12.4. The van der Waals surface area contributed by atoms with Gasteiger partial charge in [-0.05, 0) is 35.9 Å². The molecule has 1 amide bonds. The largest absolute Gasteiger partial charge is 0.491 e. The van der Waals surface area contributed by atoms with Crippen molar-refractivity contribution < 1.29 is 34.0 Å². The molecule has 29 heavy (non-hydrogen) atoms. The summed E-state index contributed by atoms with van der Waals surface area (Å²) in [6.07, 6.45) is -0.229. The van der Waals surface area contributed by atoms with E-state index in [1.807, 2.05) is 6.07 Å². The molecule has 0 saturated carbocycles. The van der Waals surface area contributed by atoms with Gasteiger partial charge in [-0.3, -0.25) is 5.32 Å². The molecule has 3 N–H and O–H groups in total. The van der Waals surface area contributed by atoms with Crippen molar-refractivity contribution in [1.82, 2.24) is 0 Å². The summed E-state index contributed by atoms with van der Waals surface area (Å²) in [6, 6.07) is 15.4. The van der Waals surface area contributed by atoms with E-state index in [0.29, 0.717) is 17.0 Å². The van der Waals surface area contributed by atoms with Crippen LogP contribution in [0, 0.1) is 0 Å². The lowest BCUT2D eigenvalue weighted by molar-refractivity contribution is -0.131. The van der Waals surface area contributed by atoms with E-state index >= 15 is 0 Å². The number of aliphatic carboxylic acids is 1. The van der Waals surface area contributed by atoms with Crippen LogP contribution in [0.4, 0.5) is 10.5 Å². The van der Waals surface area contributed by atoms with E-state index in [4.69, 9.17) is 24.4 Å². The Bertz CT molecular complexity index is 806. The molecule has 0 aromatic heterocycles. The fraction of sp³-hybridized carbons (Fsp3) is 0.238. The van der Waals surface area contributed by atoms with Crippen molar-refractivity contribution in [3.05, 3.63) is 72.3 Å². The number of hydrogen-bond acceptors (Lipinski definition) is 6. The summed E-state index contributed by atoms with van der Waals surface area (Å²) in [5.41, 5.74) is 1.13. The summed E-state index contributed by atoms with van der Waals surface area (Å²) in [6.45, 7) is 0.0413. The first-order chi connectivity index (χ1) is 14.0. The highest BCUT2D eigenvalue weighted by Crippen LogP contribution is 2.27. The normalized spacial score (nSPS) is 12.9. The summed E-state index contributed by atoms with van der Waals surface area (Å²) in [4.78, 5) is 23.3. The predicted molar refractivity (Wildman–Crippen MR) is 106 cm³/mol. The van der Waals surface area contributed by atoms with E-state index in [2.05, 4.69) is 5.32 Å². The zero-order chi connectivity index (χ0) is 21.1. The lowest BCUT2D eigenvalue weighted by Gasteiger charge is -2.24. The molecule has 2 rings (SSSR count). The third-order valence-corrected chi connectivity index (χ3v) is 3.82. The molecule has 0 radical (unpaired) electrons. The Labute approximate surface area is 168 Å². The smallest absolute Gasteiger partial charge is 0.412 e. The Morgan fingerprint density at radius 3 is 2.38 bits per heavy atom. The number of hydrogen-bond donors (Lipinski definition) is 3. The predicted octanol–water partition coefficient (Wildman–Crippen LogP) is 3.00. The van der Waals surface area contributed by atoms with Crippen molar-refractivity contribution in [1.29, 1.82) is 0 Å². The second-order valence-corrected chi connectivity index (χ2v) is 5.86. The number of anilines is 1. The lowest BCUT2D eigenvalue weighted by atomic mass is 10.0. The van der Waals surface area contributed by atoms with E-state index in [0.717, 1.165) is 6.08 Å². The van der Waals surface area contributed by atoms with Gasteiger partial charge in [0.2, 0.25) is 0 Å². The summed E-state index contributed by atoms with van der Waals surface area (Å²) >= 11 is 0. The molecule has 2 aromatic rings. The van der Waals surface area contributed by atoms with Crippen LogP contribution in [0.15, 0.2) is 66.7 Å². The van der Waals surface area contributed by atoms with Crippen LogP contribution in [-0.4, -0.2) is 48.7 Å². The molecular formula is C21H23NO7. The fourth-order valence-corrected chi connectivity index (χ4v) is 2.51. The molecule has 0 aliphatic heterocycles. The van der Waals surface area contributed by atoms with E-state index in [1.54, 1.807) is 48.5 Å². The maximum Gasteiger partial charge on any atom is 0.412 e.